The maximum Gasteiger partial charge on any atom is 0.197 e. The molecule has 1 atom stereocenters. The third-order valence-corrected chi connectivity index (χ3v) is 7.32. The Morgan fingerprint density at radius 1 is 1.15 bits per heavy atom. The number of rotatable bonds is 3. The molecule has 1 unspecified atom stereocenters. The maximum absolute atomic E-state index is 4.60. The topological polar surface area (TPSA) is 56.5 Å². The molecule has 1 aliphatic carbocycles. The highest BCUT2D eigenvalue weighted by molar-refractivity contribution is 7.99. The minimum Gasteiger partial charge on any atom is -0.305 e. The van der Waals surface area contributed by atoms with Crippen molar-refractivity contribution in [3.05, 3.63) is 47.1 Å². The molecule has 1 aromatic carbocycles. The van der Waals surface area contributed by atoms with Crippen molar-refractivity contribution in [3.8, 4) is 11.4 Å². The summed E-state index contributed by atoms with van der Waals surface area (Å²) >= 11 is 3.41. The van der Waals surface area contributed by atoms with Crippen molar-refractivity contribution in [2.24, 2.45) is 13.0 Å². The van der Waals surface area contributed by atoms with Crippen molar-refractivity contribution in [1.29, 1.82) is 0 Å². The Morgan fingerprint density at radius 2 is 2.00 bits per heavy atom. The Kier molecular flexibility index (Phi) is 4.21. The van der Waals surface area contributed by atoms with Gasteiger partial charge in [-0.25, -0.2) is 9.97 Å². The third-order valence-electron chi connectivity index (χ3n) is 5.11. The van der Waals surface area contributed by atoms with Crippen LogP contribution < -0.4 is 0 Å². The summed E-state index contributed by atoms with van der Waals surface area (Å²) in [6.45, 7) is 2.33. The standard InChI is InChI=1S/C20H19N5S2/c1-12-8-9-14-15(10-12)26-18-16(14)19(22-11-21-18)27-20-24-23-17(25(20)2)13-6-4-3-5-7-13/h3-7,11-12H,8-10H2,1-2H3. The third kappa shape index (κ3) is 2.95. The molecule has 3 heterocycles. The molecule has 1 aliphatic rings. The first-order chi connectivity index (χ1) is 13.2. The van der Waals surface area contributed by atoms with Crippen LogP contribution in [0.1, 0.15) is 23.8 Å². The predicted octanol–water partition coefficient (Wildman–Crippen LogP) is 4.76. The number of aryl methyl sites for hydroxylation is 1. The van der Waals surface area contributed by atoms with Gasteiger partial charge < -0.3 is 4.57 Å². The quantitative estimate of drug-likeness (QED) is 0.470. The van der Waals surface area contributed by atoms with E-state index in [4.69, 9.17) is 0 Å². The first-order valence-electron chi connectivity index (χ1n) is 9.08. The Bertz CT molecular complexity index is 1120. The van der Waals surface area contributed by atoms with Gasteiger partial charge in [-0.15, -0.1) is 21.5 Å². The molecule has 5 rings (SSSR count). The van der Waals surface area contributed by atoms with E-state index in [2.05, 4.69) is 39.2 Å². The summed E-state index contributed by atoms with van der Waals surface area (Å²) in [6.07, 6.45) is 5.18. The fourth-order valence-corrected chi connectivity index (χ4v) is 5.97. The average Bonchev–Trinajstić information content (AvgIpc) is 3.23. The molecule has 0 aliphatic heterocycles. The van der Waals surface area contributed by atoms with Gasteiger partial charge in [0.2, 0.25) is 0 Å². The van der Waals surface area contributed by atoms with Gasteiger partial charge in [0.25, 0.3) is 0 Å². The average molecular weight is 394 g/mol. The summed E-state index contributed by atoms with van der Waals surface area (Å²) in [4.78, 5) is 11.7. The number of aromatic nitrogens is 5. The van der Waals surface area contributed by atoms with Gasteiger partial charge in [0.15, 0.2) is 11.0 Å². The lowest BCUT2D eigenvalue weighted by atomic mass is 9.89. The van der Waals surface area contributed by atoms with E-state index < -0.39 is 0 Å². The zero-order chi connectivity index (χ0) is 18.4. The number of hydrogen-bond acceptors (Lipinski definition) is 6. The van der Waals surface area contributed by atoms with E-state index in [9.17, 15) is 0 Å². The minimum absolute atomic E-state index is 0.752. The van der Waals surface area contributed by atoms with Gasteiger partial charge in [0.1, 0.15) is 16.2 Å². The molecule has 3 aromatic heterocycles. The second-order valence-corrected chi connectivity index (χ2v) is 9.08. The summed E-state index contributed by atoms with van der Waals surface area (Å²) in [6, 6.07) is 10.1. The highest BCUT2D eigenvalue weighted by Crippen LogP contribution is 2.41. The highest BCUT2D eigenvalue weighted by atomic mass is 32.2. The Balaban J connectivity index is 1.55. The lowest BCUT2D eigenvalue weighted by Gasteiger charge is -2.18. The lowest BCUT2D eigenvalue weighted by Crippen LogP contribution is -2.08. The van der Waals surface area contributed by atoms with Crippen LogP contribution in [-0.2, 0) is 19.9 Å². The number of fused-ring (bicyclic) bond motifs is 3. The normalized spacial score (nSPS) is 16.6. The molecule has 0 spiro atoms. The second-order valence-electron chi connectivity index (χ2n) is 7.04. The SMILES string of the molecule is CC1CCc2c(sc3ncnc(Sc4nnc(-c5ccccc5)n4C)c23)C1. The molecule has 4 aromatic rings. The van der Waals surface area contributed by atoms with E-state index in [0.717, 1.165) is 45.2 Å². The van der Waals surface area contributed by atoms with Crippen LogP contribution in [0.25, 0.3) is 21.6 Å². The molecule has 0 N–H and O–H groups in total. The molecule has 0 bridgehead atoms. The van der Waals surface area contributed by atoms with Crippen LogP contribution in [0.2, 0.25) is 0 Å². The molecule has 0 saturated heterocycles. The van der Waals surface area contributed by atoms with Crippen molar-refractivity contribution in [2.75, 3.05) is 0 Å². The van der Waals surface area contributed by atoms with Crippen molar-refractivity contribution < 1.29 is 0 Å². The predicted molar refractivity (Wildman–Crippen MR) is 109 cm³/mol. The highest BCUT2D eigenvalue weighted by Gasteiger charge is 2.24. The van der Waals surface area contributed by atoms with E-state index >= 15 is 0 Å². The van der Waals surface area contributed by atoms with Gasteiger partial charge in [-0.05, 0) is 42.5 Å². The van der Waals surface area contributed by atoms with Gasteiger partial charge in [-0.2, -0.15) is 0 Å². The van der Waals surface area contributed by atoms with Gasteiger partial charge in [0.05, 0.1) is 0 Å². The molecular formula is C20H19N5S2. The first-order valence-corrected chi connectivity index (χ1v) is 10.7. The van der Waals surface area contributed by atoms with Gasteiger partial charge >= 0.3 is 0 Å². The molecule has 5 nitrogen and oxygen atoms in total. The van der Waals surface area contributed by atoms with Crippen LogP contribution in [0.3, 0.4) is 0 Å². The molecule has 136 valence electrons. The van der Waals surface area contributed by atoms with E-state index in [1.54, 1.807) is 18.1 Å². The van der Waals surface area contributed by atoms with Crippen molar-refractivity contribution >= 4 is 33.3 Å². The maximum atomic E-state index is 4.60. The van der Waals surface area contributed by atoms with Crippen LogP contribution in [0.4, 0.5) is 0 Å². The Hall–Kier alpha value is -2.25. The fourth-order valence-electron chi connectivity index (χ4n) is 3.65. The number of nitrogens with zero attached hydrogens (tertiary/aromatic N) is 5. The Morgan fingerprint density at radius 3 is 2.85 bits per heavy atom. The largest absolute Gasteiger partial charge is 0.305 e. The number of hydrogen-bond donors (Lipinski definition) is 0. The van der Waals surface area contributed by atoms with E-state index in [1.807, 2.05) is 41.2 Å². The molecular weight excluding hydrogens is 374 g/mol. The van der Waals surface area contributed by atoms with Crippen LogP contribution in [0.15, 0.2) is 46.8 Å². The first kappa shape index (κ1) is 16.9. The zero-order valence-electron chi connectivity index (χ0n) is 15.2. The number of benzene rings is 1. The van der Waals surface area contributed by atoms with Crippen molar-refractivity contribution in [3.63, 3.8) is 0 Å². The summed E-state index contributed by atoms with van der Waals surface area (Å²) in [7, 11) is 2.01. The lowest BCUT2D eigenvalue weighted by molar-refractivity contribution is 0.509. The summed E-state index contributed by atoms with van der Waals surface area (Å²) in [5.41, 5.74) is 2.51. The molecule has 27 heavy (non-hydrogen) atoms. The van der Waals surface area contributed by atoms with Crippen molar-refractivity contribution in [1.82, 2.24) is 24.7 Å². The van der Waals surface area contributed by atoms with Crippen molar-refractivity contribution in [2.45, 2.75) is 36.4 Å². The fraction of sp³-hybridized carbons (Fsp3) is 0.300. The molecule has 0 radical (unpaired) electrons. The smallest absolute Gasteiger partial charge is 0.197 e. The zero-order valence-corrected chi connectivity index (χ0v) is 16.8. The van der Waals surface area contributed by atoms with Gasteiger partial charge in [-0.3, -0.25) is 0 Å². The minimum atomic E-state index is 0.752. The molecule has 7 heteroatoms. The monoisotopic (exact) mass is 393 g/mol. The van der Waals surface area contributed by atoms with E-state index in [-0.39, 0.29) is 0 Å². The van der Waals surface area contributed by atoms with Gasteiger partial charge in [0, 0.05) is 22.9 Å². The van der Waals surface area contributed by atoms with Crippen LogP contribution in [0.5, 0.6) is 0 Å². The number of thiophene rings is 1. The summed E-state index contributed by atoms with van der Waals surface area (Å²) in [5.74, 6) is 1.62. The van der Waals surface area contributed by atoms with E-state index in [1.165, 1.54) is 22.2 Å². The second kappa shape index (κ2) is 6.73. The van der Waals surface area contributed by atoms with E-state index in [0.29, 0.717) is 0 Å². The molecule has 0 saturated carbocycles. The summed E-state index contributed by atoms with van der Waals surface area (Å²) < 4.78 is 2.04. The molecule has 0 fully saturated rings. The van der Waals surface area contributed by atoms with Gasteiger partial charge in [-0.1, -0.05) is 37.3 Å². The van der Waals surface area contributed by atoms with Crippen LogP contribution in [-0.4, -0.2) is 24.7 Å². The summed E-state index contributed by atoms with van der Waals surface area (Å²) in [5, 5.41) is 11.9. The Labute approximate surface area is 165 Å². The van der Waals surface area contributed by atoms with Crippen LogP contribution in [0, 0.1) is 5.92 Å². The van der Waals surface area contributed by atoms with Crippen LogP contribution >= 0.6 is 23.1 Å². The molecule has 0 amide bonds.